The Morgan fingerprint density at radius 1 is 1.03 bits per heavy atom. The third kappa shape index (κ3) is 8.93. The molecule has 0 radical (unpaired) electrons. The van der Waals surface area contributed by atoms with Crippen LogP contribution in [-0.2, 0) is 15.7 Å². The van der Waals surface area contributed by atoms with E-state index < -0.39 is 21.8 Å². The molecule has 3 N–H and O–H groups in total. The molecule has 2 aliphatic heterocycles. The van der Waals surface area contributed by atoms with Crippen LogP contribution < -0.4 is 19.7 Å². The average molecular weight is 861 g/mol. The van der Waals surface area contributed by atoms with Crippen LogP contribution >= 0.6 is 0 Å². The van der Waals surface area contributed by atoms with Gasteiger partial charge < -0.3 is 24.7 Å². The van der Waals surface area contributed by atoms with E-state index in [9.17, 15) is 19.1 Å². The highest BCUT2D eigenvalue weighted by molar-refractivity contribution is 7.83. The van der Waals surface area contributed by atoms with Gasteiger partial charge in [-0.25, -0.2) is 14.2 Å². The number of piperidine rings is 1. The van der Waals surface area contributed by atoms with Gasteiger partial charge in [0.1, 0.15) is 17.1 Å². The number of pyridine rings is 2. The fourth-order valence-corrected chi connectivity index (χ4v) is 11.0. The summed E-state index contributed by atoms with van der Waals surface area (Å²) in [6.45, 7) is 9.32. The van der Waals surface area contributed by atoms with Crippen molar-refractivity contribution in [1.29, 1.82) is 0 Å². The Bertz CT molecular complexity index is 2440. The van der Waals surface area contributed by atoms with Crippen LogP contribution in [0.5, 0.6) is 11.5 Å². The van der Waals surface area contributed by atoms with Crippen LogP contribution in [0.1, 0.15) is 105 Å². The third-order valence-corrected chi connectivity index (χ3v) is 14.7. The van der Waals surface area contributed by atoms with Crippen molar-refractivity contribution in [1.82, 2.24) is 24.6 Å². The number of nitro groups is 1. The molecule has 2 saturated heterocycles. The first-order chi connectivity index (χ1) is 30.1. The first-order valence-electron chi connectivity index (χ1n) is 22.2. The summed E-state index contributed by atoms with van der Waals surface area (Å²) in [6, 6.07) is 20.1. The summed E-state index contributed by atoms with van der Waals surface area (Å²) in [5.41, 5.74) is 4.62. The van der Waals surface area contributed by atoms with E-state index in [-0.39, 0.29) is 33.8 Å². The molecule has 4 fully saturated rings. The van der Waals surface area contributed by atoms with Crippen LogP contribution in [0.15, 0.2) is 84.1 Å². The second-order valence-electron chi connectivity index (χ2n) is 17.9. The average Bonchev–Trinajstić information content (AvgIpc) is 3.76. The highest BCUT2D eigenvalue weighted by atomic mass is 32.2. The van der Waals surface area contributed by atoms with Crippen LogP contribution in [0.2, 0.25) is 0 Å². The molecule has 9 rings (SSSR count). The second-order valence-corrected chi connectivity index (χ2v) is 19.1. The molecule has 5 heterocycles. The van der Waals surface area contributed by atoms with Crippen molar-refractivity contribution in [3.05, 3.63) is 106 Å². The molecule has 15 heteroatoms. The molecule has 0 bridgehead atoms. The lowest BCUT2D eigenvalue weighted by atomic mass is 9.59. The number of morpholine rings is 1. The molecule has 326 valence electrons. The van der Waals surface area contributed by atoms with Gasteiger partial charge in [-0.1, -0.05) is 57.4 Å². The predicted octanol–water partition coefficient (Wildman–Crippen LogP) is 9.05. The number of carbonyl (C=O) groups excluding carboxylic acids is 1. The molecule has 4 aliphatic rings. The lowest BCUT2D eigenvalue weighted by Gasteiger charge is -2.57. The van der Waals surface area contributed by atoms with Crippen LogP contribution in [0.25, 0.3) is 11.0 Å². The minimum absolute atomic E-state index is 0.0134. The zero-order valence-corrected chi connectivity index (χ0v) is 36.3. The van der Waals surface area contributed by atoms with Gasteiger partial charge in [0.05, 0.1) is 40.8 Å². The topological polar surface area (TPSA) is 168 Å². The number of rotatable bonds is 13. The van der Waals surface area contributed by atoms with Gasteiger partial charge in [-0.05, 0) is 91.2 Å². The van der Waals surface area contributed by atoms with Crippen LogP contribution in [0.4, 0.5) is 17.2 Å². The number of benzene rings is 2. The molecule has 2 atom stereocenters. The number of nitrogens with zero attached hydrogens (tertiary/aromatic N) is 5. The molecule has 2 aliphatic carbocycles. The number of amides is 1. The summed E-state index contributed by atoms with van der Waals surface area (Å²) >= 11 is 0. The minimum atomic E-state index is -2.15. The van der Waals surface area contributed by atoms with Crippen LogP contribution in [-0.4, -0.2) is 80.3 Å². The lowest BCUT2D eigenvalue weighted by Crippen LogP contribution is -2.58. The Hall–Kier alpha value is -5.38. The SMILES string of the molecule is CC(C)c1ccccc1[C@@H]1COCCN1C1CC2(CCN(c3ccc(C(=O)NS(=O)c4cnc(NCC5CCCCC5)c([N+](=O)[O-])c4)c(Oc4cnc5[nH]ccc5c4)c3)CC2)C1. The summed E-state index contributed by atoms with van der Waals surface area (Å²) < 4.78 is 28.6. The fourth-order valence-electron chi connectivity index (χ4n) is 10.2. The highest BCUT2D eigenvalue weighted by Gasteiger charge is 2.49. The molecule has 2 saturated carbocycles. The van der Waals surface area contributed by atoms with Crippen LogP contribution in [0.3, 0.4) is 0 Å². The largest absolute Gasteiger partial charge is 0.455 e. The van der Waals surface area contributed by atoms with E-state index in [1.54, 1.807) is 18.5 Å². The number of carbonyl (C=O) groups is 1. The number of fused-ring (bicyclic) bond motifs is 1. The fraction of sp³-hybridized carbons (Fsp3) is 0.468. The second kappa shape index (κ2) is 18.1. The van der Waals surface area contributed by atoms with E-state index in [0.717, 1.165) is 82.4 Å². The normalized spacial score (nSPS) is 20.2. The number of aromatic amines is 1. The zero-order valence-electron chi connectivity index (χ0n) is 35.5. The number of aromatic nitrogens is 3. The molecular formula is C47H56N8O6S. The monoisotopic (exact) mass is 860 g/mol. The van der Waals surface area contributed by atoms with Gasteiger partial charge in [-0.3, -0.25) is 24.5 Å². The Labute approximate surface area is 364 Å². The molecular weight excluding hydrogens is 805 g/mol. The number of hydrogen-bond acceptors (Lipinski definition) is 11. The van der Waals surface area contributed by atoms with Crippen molar-refractivity contribution in [2.45, 2.75) is 94.5 Å². The number of ether oxygens (including phenoxy) is 2. The maximum atomic E-state index is 13.9. The summed E-state index contributed by atoms with van der Waals surface area (Å²) in [4.78, 5) is 42.4. The van der Waals surface area contributed by atoms with Gasteiger partial charge in [0.15, 0.2) is 11.0 Å². The van der Waals surface area contributed by atoms with Gasteiger partial charge in [0, 0.05) is 67.8 Å². The van der Waals surface area contributed by atoms with E-state index in [1.807, 2.05) is 24.3 Å². The Morgan fingerprint density at radius 2 is 1.84 bits per heavy atom. The van der Waals surface area contributed by atoms with Crippen molar-refractivity contribution in [3.63, 3.8) is 0 Å². The highest BCUT2D eigenvalue weighted by Crippen LogP contribution is 2.53. The van der Waals surface area contributed by atoms with Crippen LogP contribution in [0, 0.1) is 21.4 Å². The molecule has 62 heavy (non-hydrogen) atoms. The number of nitrogens with one attached hydrogen (secondary N) is 3. The summed E-state index contributed by atoms with van der Waals surface area (Å²) in [7, 11) is -2.15. The first kappa shape index (κ1) is 41.9. The molecule has 1 amide bonds. The number of anilines is 2. The van der Waals surface area contributed by atoms with Gasteiger partial charge in [0.25, 0.3) is 5.91 Å². The van der Waals surface area contributed by atoms with Crippen molar-refractivity contribution in [3.8, 4) is 11.5 Å². The number of H-pyrrole nitrogens is 1. The van der Waals surface area contributed by atoms with E-state index in [4.69, 9.17) is 9.47 Å². The Morgan fingerprint density at radius 3 is 2.63 bits per heavy atom. The summed E-state index contributed by atoms with van der Waals surface area (Å²) in [5, 5.41) is 16.1. The first-order valence-corrected chi connectivity index (χ1v) is 23.3. The van der Waals surface area contributed by atoms with E-state index in [0.29, 0.717) is 41.2 Å². The molecule has 5 aromatic rings. The van der Waals surface area contributed by atoms with Gasteiger partial charge >= 0.3 is 5.69 Å². The zero-order chi connectivity index (χ0) is 42.8. The summed E-state index contributed by atoms with van der Waals surface area (Å²) in [5.74, 6) is 1.08. The van der Waals surface area contributed by atoms with Gasteiger partial charge in [-0.2, -0.15) is 0 Å². The molecule has 1 spiro atoms. The van der Waals surface area contributed by atoms with Crippen molar-refractivity contribution in [2.24, 2.45) is 11.3 Å². The lowest BCUT2D eigenvalue weighted by molar-refractivity contribution is -0.384. The van der Waals surface area contributed by atoms with Crippen molar-refractivity contribution < 1.29 is 23.4 Å². The predicted molar refractivity (Wildman–Crippen MR) is 240 cm³/mol. The van der Waals surface area contributed by atoms with Gasteiger partial charge in [-0.15, -0.1) is 0 Å². The quantitative estimate of drug-likeness (QED) is 0.0763. The maximum Gasteiger partial charge on any atom is 0.312 e. The molecule has 1 unspecified atom stereocenters. The third-order valence-electron chi connectivity index (χ3n) is 13.7. The molecule has 14 nitrogen and oxygen atoms in total. The number of hydrogen-bond donors (Lipinski definition) is 3. The van der Waals surface area contributed by atoms with E-state index in [2.05, 4.69) is 72.9 Å². The van der Waals surface area contributed by atoms with Gasteiger partial charge in [0.2, 0.25) is 5.82 Å². The van der Waals surface area contributed by atoms with Crippen molar-refractivity contribution in [2.75, 3.05) is 49.6 Å². The Kier molecular flexibility index (Phi) is 12.3. The Balaban J connectivity index is 0.890. The molecule has 2 aromatic carbocycles. The van der Waals surface area contributed by atoms with E-state index >= 15 is 0 Å². The maximum absolute atomic E-state index is 13.9. The standard InChI is InChI=1S/C47H56N8O6S/c1-31(2)38-10-6-7-11-39(38)42-30-60-21-20-54(42)35-25-47(26-35)15-18-53(19-16-47)34-12-13-40(43(23-34)61-36-22-33-14-17-48-44(33)50-28-36)46(56)52-62(59)37-24-41(55(57)58)45(51-29-37)49-27-32-8-4-3-5-9-32/h6-7,10-14,17,22-24,28-29,31-32,35,42H,3-5,8-9,15-16,18-21,25-27,30H2,1-2H3,(H,48,50)(H,49,51)(H,52,56)/t42-,62?/m0/s1. The smallest absolute Gasteiger partial charge is 0.312 e. The van der Waals surface area contributed by atoms with Crippen molar-refractivity contribution >= 4 is 45.1 Å². The summed E-state index contributed by atoms with van der Waals surface area (Å²) in [6.07, 6.45) is 14.9. The minimum Gasteiger partial charge on any atom is -0.455 e. The molecule has 3 aromatic heterocycles. The van der Waals surface area contributed by atoms with E-state index in [1.165, 1.54) is 42.7 Å².